The van der Waals surface area contributed by atoms with Crippen molar-refractivity contribution in [3.05, 3.63) is 108 Å². The molecular formula is C35H45N2O8P. The molecule has 0 aliphatic rings. The van der Waals surface area contributed by atoms with E-state index in [2.05, 4.69) is 10.6 Å². The van der Waals surface area contributed by atoms with Gasteiger partial charge in [-0.1, -0.05) is 105 Å². The molecular weight excluding hydrogens is 607 g/mol. The number of amides is 2. The number of nitrogens with one attached hydrogen (secondary N) is 2. The molecule has 0 bridgehead atoms. The Hall–Kier alpha value is -3.82. The van der Waals surface area contributed by atoms with Gasteiger partial charge in [-0.05, 0) is 56.2 Å². The zero-order chi connectivity index (χ0) is 33.6. The van der Waals surface area contributed by atoms with Crippen molar-refractivity contribution in [2.24, 2.45) is 5.92 Å². The Labute approximate surface area is 271 Å². The Morgan fingerprint density at radius 1 is 0.696 bits per heavy atom. The van der Waals surface area contributed by atoms with Crippen molar-refractivity contribution in [1.82, 2.24) is 10.6 Å². The zero-order valence-corrected chi connectivity index (χ0v) is 28.0. The van der Waals surface area contributed by atoms with Crippen molar-refractivity contribution in [2.75, 3.05) is 6.61 Å². The average molecular weight is 653 g/mol. The largest absolute Gasteiger partial charge is 0.475 e. The number of hydrogen-bond acceptors (Lipinski definition) is 8. The fraction of sp³-hybridized carbons (Fsp3) is 0.400. The number of ether oxygens (including phenoxy) is 1. The predicted molar refractivity (Wildman–Crippen MR) is 176 cm³/mol. The van der Waals surface area contributed by atoms with Gasteiger partial charge in [0.05, 0.1) is 19.3 Å². The molecule has 0 aliphatic carbocycles. The van der Waals surface area contributed by atoms with Gasteiger partial charge < -0.3 is 15.4 Å². The van der Waals surface area contributed by atoms with Crippen LogP contribution in [0.5, 0.6) is 0 Å². The Bertz CT molecular complexity index is 1380. The lowest BCUT2D eigenvalue weighted by molar-refractivity contribution is -0.130. The molecule has 0 unspecified atom stereocenters. The fourth-order valence-corrected chi connectivity index (χ4v) is 5.45. The second-order valence-electron chi connectivity index (χ2n) is 12.3. The number of phosphoric ester groups is 1. The summed E-state index contributed by atoms with van der Waals surface area (Å²) in [5, 5.41) is 5.41. The minimum absolute atomic E-state index is 0.0479. The third-order valence-electron chi connectivity index (χ3n) is 6.53. The van der Waals surface area contributed by atoms with Crippen LogP contribution in [0, 0.1) is 5.92 Å². The Kier molecular flexibility index (Phi) is 14.2. The summed E-state index contributed by atoms with van der Waals surface area (Å²) in [5.41, 5.74) is 1.50. The molecule has 10 nitrogen and oxygen atoms in total. The lowest BCUT2D eigenvalue weighted by Gasteiger charge is -2.26. The minimum atomic E-state index is -4.24. The van der Waals surface area contributed by atoms with Crippen molar-refractivity contribution >= 4 is 25.6 Å². The van der Waals surface area contributed by atoms with Gasteiger partial charge in [-0.25, -0.2) is 9.36 Å². The molecule has 0 aliphatic heterocycles. The van der Waals surface area contributed by atoms with E-state index < -0.39 is 49.9 Å². The first-order chi connectivity index (χ1) is 21.8. The van der Waals surface area contributed by atoms with E-state index in [4.69, 9.17) is 18.3 Å². The number of benzene rings is 3. The number of carbonyl (C=O) groups excluding carboxylic acids is 3. The highest BCUT2D eigenvalue weighted by atomic mass is 31.2. The van der Waals surface area contributed by atoms with Crippen molar-refractivity contribution in [3.8, 4) is 0 Å². The molecule has 0 heterocycles. The summed E-state index contributed by atoms with van der Waals surface area (Å²) < 4.78 is 36.0. The van der Waals surface area contributed by atoms with Gasteiger partial charge >= 0.3 is 13.9 Å². The fourth-order valence-electron chi connectivity index (χ4n) is 4.33. The summed E-state index contributed by atoms with van der Waals surface area (Å²) in [5.74, 6) is -1.06. The lowest BCUT2D eigenvalue weighted by Crippen LogP contribution is -2.53. The molecule has 0 aromatic heterocycles. The number of alkyl carbamates (subject to hydrolysis) is 1. The van der Waals surface area contributed by atoms with Gasteiger partial charge in [0.2, 0.25) is 5.91 Å². The van der Waals surface area contributed by atoms with E-state index in [0.29, 0.717) is 6.42 Å². The Balaban J connectivity index is 1.77. The van der Waals surface area contributed by atoms with Crippen molar-refractivity contribution in [3.63, 3.8) is 0 Å². The van der Waals surface area contributed by atoms with Crippen LogP contribution in [0.15, 0.2) is 91.0 Å². The van der Waals surface area contributed by atoms with Crippen LogP contribution < -0.4 is 10.6 Å². The van der Waals surface area contributed by atoms with Crippen LogP contribution in [0.1, 0.15) is 57.7 Å². The molecule has 3 aromatic carbocycles. The monoisotopic (exact) mass is 652 g/mol. The standard InChI is InChI=1S/C35H45N2O8P/c1-26(2)21-31(37-34(40)45-35(3,4)5)33(39)36-30(22-27-15-9-6-10-16-27)32(38)25-44-46(41,42-23-28-17-11-7-12-18-28)43-24-29-19-13-8-14-20-29/h6-20,26,30-31H,21-25H2,1-5H3,(H,36,39)(H,37,40)/t30-,31-/m0/s1. The van der Waals surface area contributed by atoms with E-state index in [9.17, 15) is 18.9 Å². The van der Waals surface area contributed by atoms with Gasteiger partial charge in [0.1, 0.15) is 18.2 Å². The van der Waals surface area contributed by atoms with E-state index >= 15 is 0 Å². The first-order valence-electron chi connectivity index (χ1n) is 15.3. The maximum absolute atomic E-state index is 13.8. The molecule has 2 atom stereocenters. The summed E-state index contributed by atoms with van der Waals surface area (Å²) in [4.78, 5) is 39.7. The van der Waals surface area contributed by atoms with Gasteiger partial charge in [0.25, 0.3) is 0 Å². The SMILES string of the molecule is CC(C)C[C@H](NC(=O)OC(C)(C)C)C(=O)N[C@@H](Cc1ccccc1)C(=O)COP(=O)(OCc1ccccc1)OCc1ccccc1. The van der Waals surface area contributed by atoms with Crippen molar-refractivity contribution in [2.45, 2.75) is 78.4 Å². The maximum atomic E-state index is 13.8. The highest BCUT2D eigenvalue weighted by molar-refractivity contribution is 7.48. The van der Waals surface area contributed by atoms with Crippen LogP contribution in [-0.2, 0) is 52.1 Å². The smallest absolute Gasteiger partial charge is 0.444 e. The van der Waals surface area contributed by atoms with E-state index in [-0.39, 0.29) is 25.6 Å². The number of rotatable bonds is 17. The minimum Gasteiger partial charge on any atom is -0.444 e. The van der Waals surface area contributed by atoms with Crippen LogP contribution >= 0.6 is 7.82 Å². The highest BCUT2D eigenvalue weighted by Crippen LogP contribution is 2.51. The number of phosphoric acid groups is 1. The molecule has 0 radical (unpaired) electrons. The second-order valence-corrected chi connectivity index (χ2v) is 14.0. The summed E-state index contributed by atoms with van der Waals surface area (Å²) in [6, 6.07) is 25.3. The predicted octanol–water partition coefficient (Wildman–Crippen LogP) is 6.78. The molecule has 46 heavy (non-hydrogen) atoms. The molecule has 0 spiro atoms. The Morgan fingerprint density at radius 2 is 1.17 bits per heavy atom. The van der Waals surface area contributed by atoms with Gasteiger partial charge in [-0.3, -0.25) is 23.2 Å². The molecule has 2 amide bonds. The van der Waals surface area contributed by atoms with E-state index in [0.717, 1.165) is 16.7 Å². The van der Waals surface area contributed by atoms with Crippen LogP contribution in [0.25, 0.3) is 0 Å². The molecule has 11 heteroatoms. The summed E-state index contributed by atoms with van der Waals surface area (Å²) in [6.07, 6.45) is -0.297. The summed E-state index contributed by atoms with van der Waals surface area (Å²) in [7, 11) is -4.24. The first-order valence-corrected chi connectivity index (χ1v) is 16.8. The van der Waals surface area contributed by atoms with Crippen molar-refractivity contribution < 1.29 is 37.3 Å². The number of hydrogen-bond donors (Lipinski definition) is 2. The highest BCUT2D eigenvalue weighted by Gasteiger charge is 2.33. The number of ketones is 1. The van der Waals surface area contributed by atoms with E-state index in [1.54, 1.807) is 45.0 Å². The normalized spacial score (nSPS) is 13.1. The molecule has 0 saturated carbocycles. The third kappa shape index (κ3) is 13.7. The van der Waals surface area contributed by atoms with Crippen molar-refractivity contribution in [1.29, 1.82) is 0 Å². The first kappa shape index (κ1) is 36.6. The molecule has 0 fully saturated rings. The van der Waals surface area contributed by atoms with Gasteiger partial charge in [-0.15, -0.1) is 0 Å². The van der Waals surface area contributed by atoms with Crippen LogP contribution in [0.3, 0.4) is 0 Å². The molecule has 248 valence electrons. The van der Waals surface area contributed by atoms with Crippen LogP contribution in [0.4, 0.5) is 4.79 Å². The second kappa shape index (κ2) is 17.8. The molecule has 2 N–H and O–H groups in total. The van der Waals surface area contributed by atoms with E-state index in [1.807, 2.05) is 80.6 Å². The zero-order valence-electron chi connectivity index (χ0n) is 27.1. The Morgan fingerprint density at radius 3 is 1.63 bits per heavy atom. The summed E-state index contributed by atoms with van der Waals surface area (Å²) in [6.45, 7) is 8.21. The molecule has 0 saturated heterocycles. The van der Waals surface area contributed by atoms with Gasteiger partial charge in [0, 0.05) is 0 Å². The molecule has 3 rings (SSSR count). The number of carbonyl (C=O) groups is 3. The van der Waals surface area contributed by atoms with Gasteiger partial charge in [-0.2, -0.15) is 0 Å². The average Bonchev–Trinajstić information content (AvgIpc) is 3.01. The van der Waals surface area contributed by atoms with Crippen LogP contribution in [-0.4, -0.2) is 42.1 Å². The van der Waals surface area contributed by atoms with Gasteiger partial charge in [0.15, 0.2) is 5.78 Å². The third-order valence-corrected chi connectivity index (χ3v) is 7.87. The lowest BCUT2D eigenvalue weighted by atomic mass is 10.00. The van der Waals surface area contributed by atoms with E-state index in [1.165, 1.54) is 0 Å². The quantitative estimate of drug-likeness (QED) is 0.153. The molecule has 3 aromatic rings. The summed E-state index contributed by atoms with van der Waals surface area (Å²) >= 11 is 0. The maximum Gasteiger partial charge on any atom is 0.475 e. The van der Waals surface area contributed by atoms with Crippen LogP contribution in [0.2, 0.25) is 0 Å². The number of Topliss-reactive ketones (excluding diaryl/α,β-unsaturated/α-hetero) is 1. The topological polar surface area (TPSA) is 129 Å².